The lowest BCUT2D eigenvalue weighted by atomic mass is 9.79. The van der Waals surface area contributed by atoms with Crippen LogP contribution in [0.5, 0.6) is 0 Å². The van der Waals surface area contributed by atoms with Crippen LogP contribution >= 0.6 is 12.4 Å². The Bertz CT molecular complexity index is 484. The van der Waals surface area contributed by atoms with Gasteiger partial charge in [0.05, 0.1) is 0 Å². The Morgan fingerprint density at radius 1 is 1.25 bits per heavy atom. The number of carbonyl (C=O) groups is 1. The number of rotatable bonds is 7. The number of halogens is 1. The molecule has 136 valence electrons. The summed E-state index contributed by atoms with van der Waals surface area (Å²) in [7, 11) is 0. The van der Waals surface area contributed by atoms with Gasteiger partial charge < -0.3 is 10.6 Å². The summed E-state index contributed by atoms with van der Waals surface area (Å²) in [5.41, 5.74) is 1.40. The molecule has 0 saturated carbocycles. The maximum Gasteiger partial charge on any atom is 0.220 e. The molecule has 0 aromatic heterocycles. The highest BCUT2D eigenvalue weighted by Gasteiger charge is 2.24. The summed E-state index contributed by atoms with van der Waals surface area (Å²) in [4.78, 5) is 12.2. The summed E-state index contributed by atoms with van der Waals surface area (Å²) in [6, 6.07) is 10.8. The zero-order valence-corrected chi connectivity index (χ0v) is 16.1. The first kappa shape index (κ1) is 21.0. The minimum atomic E-state index is 0. The fourth-order valence-electron chi connectivity index (χ4n) is 3.68. The van der Waals surface area contributed by atoms with E-state index in [1.165, 1.54) is 18.4 Å². The zero-order chi connectivity index (χ0) is 16.7. The molecule has 4 heteroatoms. The van der Waals surface area contributed by atoms with Crippen molar-refractivity contribution in [2.45, 2.75) is 64.3 Å². The summed E-state index contributed by atoms with van der Waals surface area (Å²) >= 11 is 0. The molecular weight excluding hydrogens is 320 g/mol. The highest BCUT2D eigenvalue weighted by Crippen LogP contribution is 2.28. The Hall–Kier alpha value is -1.06. The Morgan fingerprint density at radius 2 is 1.88 bits per heavy atom. The quantitative estimate of drug-likeness (QED) is 0.776. The molecule has 1 aliphatic heterocycles. The van der Waals surface area contributed by atoms with Crippen LogP contribution in [-0.4, -0.2) is 25.0 Å². The van der Waals surface area contributed by atoms with E-state index in [-0.39, 0.29) is 29.8 Å². The van der Waals surface area contributed by atoms with Crippen molar-refractivity contribution in [2.75, 3.05) is 13.1 Å². The molecule has 0 radical (unpaired) electrons. The summed E-state index contributed by atoms with van der Waals surface area (Å²) in [6.45, 7) is 8.83. The fourth-order valence-corrected chi connectivity index (χ4v) is 3.68. The van der Waals surface area contributed by atoms with Gasteiger partial charge >= 0.3 is 0 Å². The van der Waals surface area contributed by atoms with Gasteiger partial charge in [0.15, 0.2) is 0 Å². The number of hydrogen-bond acceptors (Lipinski definition) is 2. The van der Waals surface area contributed by atoms with Crippen molar-refractivity contribution in [3.05, 3.63) is 35.9 Å². The summed E-state index contributed by atoms with van der Waals surface area (Å²) in [5.74, 6) is 0.929. The average molecular weight is 353 g/mol. The van der Waals surface area contributed by atoms with Gasteiger partial charge in [0.2, 0.25) is 5.91 Å². The SMILES string of the molecule is CC(CC(C)(C)c1ccccc1)NC(=O)CCC1CCNCC1.Cl. The van der Waals surface area contributed by atoms with Crippen LogP contribution in [0.25, 0.3) is 0 Å². The van der Waals surface area contributed by atoms with Crippen molar-refractivity contribution in [1.82, 2.24) is 10.6 Å². The highest BCUT2D eigenvalue weighted by atomic mass is 35.5. The van der Waals surface area contributed by atoms with E-state index in [0.717, 1.165) is 31.8 Å². The highest BCUT2D eigenvalue weighted by molar-refractivity contribution is 5.85. The van der Waals surface area contributed by atoms with Crippen LogP contribution in [0.4, 0.5) is 0 Å². The smallest absolute Gasteiger partial charge is 0.220 e. The van der Waals surface area contributed by atoms with Crippen molar-refractivity contribution >= 4 is 18.3 Å². The third kappa shape index (κ3) is 6.82. The van der Waals surface area contributed by atoms with E-state index in [1.807, 2.05) is 6.07 Å². The van der Waals surface area contributed by atoms with Crippen molar-refractivity contribution in [1.29, 1.82) is 0 Å². The van der Waals surface area contributed by atoms with Gasteiger partial charge in [0.1, 0.15) is 0 Å². The molecule has 1 fully saturated rings. The summed E-state index contributed by atoms with van der Waals surface area (Å²) < 4.78 is 0. The Morgan fingerprint density at radius 3 is 2.50 bits per heavy atom. The molecule has 0 bridgehead atoms. The molecule has 2 N–H and O–H groups in total. The van der Waals surface area contributed by atoms with Crippen LogP contribution in [0.3, 0.4) is 0 Å². The average Bonchev–Trinajstić information content (AvgIpc) is 2.54. The maximum absolute atomic E-state index is 12.2. The van der Waals surface area contributed by atoms with Crippen LogP contribution in [0.2, 0.25) is 0 Å². The molecule has 1 saturated heterocycles. The minimum absolute atomic E-state index is 0. The molecule has 1 aliphatic rings. The van der Waals surface area contributed by atoms with Gasteiger partial charge in [-0.2, -0.15) is 0 Å². The molecule has 0 aliphatic carbocycles. The van der Waals surface area contributed by atoms with Crippen LogP contribution in [0, 0.1) is 5.92 Å². The first-order valence-electron chi connectivity index (χ1n) is 9.03. The molecule has 1 atom stereocenters. The van der Waals surface area contributed by atoms with Crippen molar-refractivity contribution < 1.29 is 4.79 Å². The van der Waals surface area contributed by atoms with E-state index in [9.17, 15) is 4.79 Å². The molecule has 1 amide bonds. The lowest BCUT2D eigenvalue weighted by molar-refractivity contribution is -0.122. The third-order valence-corrected chi connectivity index (χ3v) is 5.02. The number of carbonyl (C=O) groups excluding carboxylic acids is 1. The number of amides is 1. The summed E-state index contributed by atoms with van der Waals surface area (Å²) in [6.07, 6.45) is 5.08. The third-order valence-electron chi connectivity index (χ3n) is 5.02. The van der Waals surface area contributed by atoms with Gasteiger partial charge in [0.25, 0.3) is 0 Å². The molecule has 0 spiro atoms. The first-order valence-corrected chi connectivity index (χ1v) is 9.03. The number of benzene rings is 1. The van der Waals surface area contributed by atoms with Gasteiger partial charge in [-0.05, 0) is 62.6 Å². The Kier molecular flexibility index (Phi) is 8.79. The number of hydrogen-bond donors (Lipinski definition) is 2. The largest absolute Gasteiger partial charge is 0.354 e. The molecule has 1 aromatic carbocycles. The van der Waals surface area contributed by atoms with Gasteiger partial charge in [-0.3, -0.25) is 4.79 Å². The van der Waals surface area contributed by atoms with E-state index in [0.29, 0.717) is 6.42 Å². The minimum Gasteiger partial charge on any atom is -0.354 e. The Labute approximate surface area is 153 Å². The second-order valence-electron chi connectivity index (χ2n) is 7.65. The van der Waals surface area contributed by atoms with E-state index in [4.69, 9.17) is 0 Å². The van der Waals surface area contributed by atoms with Crippen LogP contribution in [-0.2, 0) is 10.2 Å². The number of piperidine rings is 1. The van der Waals surface area contributed by atoms with E-state index in [1.54, 1.807) is 0 Å². The number of nitrogens with one attached hydrogen (secondary N) is 2. The molecule has 3 nitrogen and oxygen atoms in total. The zero-order valence-electron chi connectivity index (χ0n) is 15.3. The first-order chi connectivity index (χ1) is 11.0. The van der Waals surface area contributed by atoms with Gasteiger partial charge in [0, 0.05) is 12.5 Å². The molecular formula is C20H33ClN2O. The second kappa shape index (κ2) is 10.0. The molecule has 1 aromatic rings. The molecule has 24 heavy (non-hydrogen) atoms. The van der Waals surface area contributed by atoms with Gasteiger partial charge in [-0.1, -0.05) is 44.2 Å². The van der Waals surface area contributed by atoms with Crippen molar-refractivity contribution in [2.24, 2.45) is 5.92 Å². The maximum atomic E-state index is 12.2. The summed E-state index contributed by atoms with van der Waals surface area (Å²) in [5, 5.41) is 6.57. The van der Waals surface area contributed by atoms with E-state index >= 15 is 0 Å². The molecule has 1 heterocycles. The predicted molar refractivity (Wildman–Crippen MR) is 104 cm³/mol. The molecule has 1 unspecified atom stereocenters. The van der Waals surface area contributed by atoms with Crippen LogP contribution in [0.15, 0.2) is 30.3 Å². The second-order valence-corrected chi connectivity index (χ2v) is 7.65. The lowest BCUT2D eigenvalue weighted by Gasteiger charge is -2.29. The monoisotopic (exact) mass is 352 g/mol. The standard InChI is InChI=1S/C20H32N2O.ClH/c1-16(15-20(2,3)18-7-5-4-6-8-18)22-19(23)10-9-17-11-13-21-14-12-17;/h4-8,16-17,21H,9-15H2,1-3H3,(H,22,23);1H. The van der Waals surface area contributed by atoms with E-state index < -0.39 is 0 Å². The topological polar surface area (TPSA) is 41.1 Å². The van der Waals surface area contributed by atoms with Crippen molar-refractivity contribution in [3.63, 3.8) is 0 Å². The van der Waals surface area contributed by atoms with Gasteiger partial charge in [-0.15, -0.1) is 12.4 Å². The molecule has 2 rings (SSSR count). The van der Waals surface area contributed by atoms with Gasteiger partial charge in [-0.25, -0.2) is 0 Å². The van der Waals surface area contributed by atoms with Crippen LogP contribution < -0.4 is 10.6 Å². The fraction of sp³-hybridized carbons (Fsp3) is 0.650. The predicted octanol–water partition coefficient (Wildman–Crippen LogP) is 4.06. The van der Waals surface area contributed by atoms with Crippen molar-refractivity contribution in [3.8, 4) is 0 Å². The lowest BCUT2D eigenvalue weighted by Crippen LogP contribution is -2.37. The van der Waals surface area contributed by atoms with E-state index in [2.05, 4.69) is 55.7 Å². The Balaban J connectivity index is 0.00000288. The van der Waals surface area contributed by atoms with Crippen LogP contribution in [0.1, 0.15) is 58.4 Å². The normalized spacial score (nSPS) is 17.0.